The second-order valence-electron chi connectivity index (χ2n) is 4.58. The van der Waals surface area contributed by atoms with E-state index in [0.717, 1.165) is 38.9 Å². The fraction of sp³-hybridized carbons (Fsp3) is 0.400. The Balaban J connectivity index is 2.22. The average molecular weight is 418 g/mol. The number of nitrogens with zero attached hydrogens (tertiary/aromatic N) is 2. The van der Waals surface area contributed by atoms with Gasteiger partial charge in [0.15, 0.2) is 0 Å². The molecule has 0 atom stereocenters. The van der Waals surface area contributed by atoms with Crippen molar-refractivity contribution < 1.29 is 9.84 Å². The molecule has 0 fully saturated rings. The largest absolute Gasteiger partial charge is 0.487 e. The number of rotatable bonds is 6. The summed E-state index contributed by atoms with van der Waals surface area (Å²) in [5.74, 6) is 0.689. The molecule has 1 heterocycles. The second-order valence-corrected chi connectivity index (χ2v) is 6.28. The number of aliphatic hydroxyl groups is 1. The Morgan fingerprint density at radius 3 is 2.67 bits per heavy atom. The van der Waals surface area contributed by atoms with E-state index in [-0.39, 0.29) is 6.61 Å². The highest BCUT2D eigenvalue weighted by Crippen LogP contribution is 2.27. The van der Waals surface area contributed by atoms with Crippen LogP contribution in [-0.4, -0.2) is 14.9 Å². The van der Waals surface area contributed by atoms with Crippen LogP contribution in [0.5, 0.6) is 5.75 Å². The van der Waals surface area contributed by atoms with Crippen molar-refractivity contribution in [2.45, 2.75) is 40.0 Å². The highest BCUT2D eigenvalue weighted by Gasteiger charge is 2.15. The number of aromatic nitrogens is 2. The third-order valence-corrected chi connectivity index (χ3v) is 4.66. The third kappa shape index (κ3) is 3.67. The zero-order chi connectivity index (χ0) is 15.4. The summed E-state index contributed by atoms with van der Waals surface area (Å²) in [6.07, 6.45) is 0.876. The predicted molar refractivity (Wildman–Crippen MR) is 89.4 cm³/mol. The highest BCUT2D eigenvalue weighted by molar-refractivity contribution is 9.10. The van der Waals surface area contributed by atoms with E-state index in [1.165, 1.54) is 0 Å². The van der Waals surface area contributed by atoms with Crippen molar-refractivity contribution in [2.24, 2.45) is 0 Å². The summed E-state index contributed by atoms with van der Waals surface area (Å²) in [5.41, 5.74) is 2.81. The number of ether oxygens (including phenoxy) is 1. The molecule has 0 bridgehead atoms. The first-order valence-corrected chi connectivity index (χ1v) is 8.45. The summed E-state index contributed by atoms with van der Waals surface area (Å²) in [6, 6.07) is 5.62. The molecule has 0 amide bonds. The fourth-order valence-corrected chi connectivity index (χ4v) is 3.20. The van der Waals surface area contributed by atoms with Crippen LogP contribution < -0.4 is 4.74 Å². The summed E-state index contributed by atoms with van der Waals surface area (Å²) in [5, 5.41) is 14.0. The fourth-order valence-electron chi connectivity index (χ4n) is 2.11. The summed E-state index contributed by atoms with van der Waals surface area (Å²) >= 11 is 7.00. The molecule has 1 aromatic carbocycles. The van der Waals surface area contributed by atoms with E-state index >= 15 is 0 Å². The van der Waals surface area contributed by atoms with Gasteiger partial charge in [0.05, 0.1) is 22.5 Å². The number of benzene rings is 1. The molecule has 0 radical (unpaired) electrons. The van der Waals surface area contributed by atoms with Crippen molar-refractivity contribution in [1.82, 2.24) is 9.78 Å². The number of hydrogen-bond donors (Lipinski definition) is 1. The van der Waals surface area contributed by atoms with Gasteiger partial charge < -0.3 is 9.84 Å². The van der Waals surface area contributed by atoms with Crippen molar-refractivity contribution >= 4 is 31.9 Å². The van der Waals surface area contributed by atoms with Gasteiger partial charge in [-0.3, -0.25) is 4.68 Å². The third-order valence-electron chi connectivity index (χ3n) is 3.25. The Hall–Kier alpha value is -0.850. The summed E-state index contributed by atoms with van der Waals surface area (Å²) < 4.78 is 9.76. The molecule has 0 saturated heterocycles. The highest BCUT2D eigenvalue weighted by atomic mass is 79.9. The van der Waals surface area contributed by atoms with Crippen LogP contribution in [0.3, 0.4) is 0 Å². The zero-order valence-electron chi connectivity index (χ0n) is 12.1. The van der Waals surface area contributed by atoms with E-state index in [1.807, 2.05) is 22.9 Å². The van der Waals surface area contributed by atoms with Crippen LogP contribution in [-0.2, 0) is 26.2 Å². The molecule has 1 aromatic heterocycles. The van der Waals surface area contributed by atoms with Gasteiger partial charge in [-0.15, -0.1) is 0 Å². The molecule has 0 saturated carbocycles. The van der Waals surface area contributed by atoms with E-state index in [0.29, 0.717) is 12.4 Å². The molecule has 0 aliphatic carbocycles. The standard InChI is InChI=1S/C15H18Br2N2O2/c1-3-12-15(17)13(19(4-2)18-12)9-21-14-6-5-11(16)7-10(14)8-20/h5-7,20H,3-4,8-9H2,1-2H3. The Morgan fingerprint density at radius 2 is 2.05 bits per heavy atom. The minimum atomic E-state index is -0.0524. The molecular formula is C15H18Br2N2O2. The zero-order valence-corrected chi connectivity index (χ0v) is 15.2. The maximum Gasteiger partial charge on any atom is 0.131 e. The van der Waals surface area contributed by atoms with Gasteiger partial charge in [0.25, 0.3) is 0 Å². The lowest BCUT2D eigenvalue weighted by Gasteiger charge is -2.12. The van der Waals surface area contributed by atoms with Crippen LogP contribution in [0.2, 0.25) is 0 Å². The Bertz CT molecular complexity index is 626. The average Bonchev–Trinajstić information content (AvgIpc) is 2.81. The number of aliphatic hydroxyl groups excluding tert-OH is 1. The van der Waals surface area contributed by atoms with Crippen LogP contribution in [0.15, 0.2) is 27.1 Å². The molecule has 1 N–H and O–H groups in total. The molecular weight excluding hydrogens is 400 g/mol. The van der Waals surface area contributed by atoms with Crippen LogP contribution in [0.1, 0.15) is 30.8 Å². The monoisotopic (exact) mass is 416 g/mol. The van der Waals surface area contributed by atoms with Crippen LogP contribution in [0.4, 0.5) is 0 Å². The van der Waals surface area contributed by atoms with E-state index in [4.69, 9.17) is 4.74 Å². The second kappa shape index (κ2) is 7.42. The lowest BCUT2D eigenvalue weighted by molar-refractivity contribution is 0.254. The first-order valence-electron chi connectivity index (χ1n) is 6.86. The minimum Gasteiger partial charge on any atom is -0.487 e. The molecule has 0 aliphatic heterocycles. The molecule has 2 rings (SSSR count). The van der Waals surface area contributed by atoms with Gasteiger partial charge in [-0.25, -0.2) is 0 Å². The molecule has 6 heteroatoms. The quantitative estimate of drug-likeness (QED) is 0.770. The van der Waals surface area contributed by atoms with Crippen LogP contribution >= 0.6 is 31.9 Å². The van der Waals surface area contributed by atoms with E-state index in [9.17, 15) is 5.11 Å². The summed E-state index contributed by atoms with van der Waals surface area (Å²) in [7, 11) is 0. The molecule has 21 heavy (non-hydrogen) atoms. The Kier molecular flexibility index (Phi) is 5.84. The van der Waals surface area contributed by atoms with Gasteiger partial charge in [0, 0.05) is 16.6 Å². The Labute approximate surface area is 141 Å². The lowest BCUT2D eigenvalue weighted by atomic mass is 10.2. The molecule has 114 valence electrons. The minimum absolute atomic E-state index is 0.0524. The molecule has 0 unspecified atom stereocenters. The number of hydrogen-bond acceptors (Lipinski definition) is 3. The van der Waals surface area contributed by atoms with Gasteiger partial charge in [0.2, 0.25) is 0 Å². The molecule has 2 aromatic rings. The van der Waals surface area contributed by atoms with Crippen molar-refractivity contribution in [2.75, 3.05) is 0 Å². The van der Waals surface area contributed by atoms with Crippen molar-refractivity contribution in [3.8, 4) is 5.75 Å². The normalized spacial score (nSPS) is 10.9. The number of aryl methyl sites for hydroxylation is 2. The van der Waals surface area contributed by atoms with Crippen molar-refractivity contribution in [3.05, 3.63) is 44.1 Å². The maximum atomic E-state index is 9.41. The first-order chi connectivity index (χ1) is 10.1. The maximum absolute atomic E-state index is 9.41. The summed E-state index contributed by atoms with van der Waals surface area (Å²) in [6.45, 7) is 5.29. The van der Waals surface area contributed by atoms with Gasteiger partial charge >= 0.3 is 0 Å². The lowest BCUT2D eigenvalue weighted by Crippen LogP contribution is -2.07. The van der Waals surface area contributed by atoms with Crippen molar-refractivity contribution in [3.63, 3.8) is 0 Å². The topological polar surface area (TPSA) is 47.3 Å². The molecule has 0 aliphatic rings. The number of halogens is 2. The van der Waals surface area contributed by atoms with Gasteiger partial charge in [-0.1, -0.05) is 22.9 Å². The van der Waals surface area contributed by atoms with E-state index < -0.39 is 0 Å². The predicted octanol–water partition coefficient (Wildman–Crippen LogP) is 4.06. The van der Waals surface area contributed by atoms with E-state index in [2.05, 4.69) is 50.8 Å². The van der Waals surface area contributed by atoms with E-state index in [1.54, 1.807) is 0 Å². The molecule has 0 spiro atoms. The summed E-state index contributed by atoms with van der Waals surface area (Å²) in [4.78, 5) is 0. The van der Waals surface area contributed by atoms with Crippen LogP contribution in [0, 0.1) is 0 Å². The van der Waals surface area contributed by atoms with Crippen LogP contribution in [0.25, 0.3) is 0 Å². The van der Waals surface area contributed by atoms with Gasteiger partial charge in [-0.05, 0) is 47.5 Å². The molecule has 4 nitrogen and oxygen atoms in total. The van der Waals surface area contributed by atoms with Gasteiger partial charge in [0.1, 0.15) is 12.4 Å². The Morgan fingerprint density at radius 1 is 1.29 bits per heavy atom. The van der Waals surface area contributed by atoms with Gasteiger partial charge in [-0.2, -0.15) is 5.10 Å². The smallest absolute Gasteiger partial charge is 0.131 e. The first kappa shape index (κ1) is 16.5. The van der Waals surface area contributed by atoms with Crippen molar-refractivity contribution in [1.29, 1.82) is 0 Å². The SMILES string of the molecule is CCc1nn(CC)c(COc2ccc(Br)cc2CO)c1Br.